The van der Waals surface area contributed by atoms with Gasteiger partial charge in [0.15, 0.2) is 0 Å². The number of aromatic nitrogens is 2. The molecule has 0 spiro atoms. The first-order chi connectivity index (χ1) is 13.1. The van der Waals surface area contributed by atoms with Crippen LogP contribution in [0.15, 0.2) is 35.1 Å². The monoisotopic (exact) mass is 368 g/mol. The number of nitrogens with zero attached hydrogens (tertiary/aromatic N) is 3. The predicted octanol–water partition coefficient (Wildman–Crippen LogP) is 1.04. The second kappa shape index (κ2) is 7.62. The lowest BCUT2D eigenvalue weighted by Gasteiger charge is -2.36. The van der Waals surface area contributed by atoms with Gasteiger partial charge >= 0.3 is 0 Å². The second-order valence-electron chi connectivity index (χ2n) is 7.04. The maximum absolute atomic E-state index is 13.0. The Morgan fingerprint density at radius 1 is 1.19 bits per heavy atom. The fourth-order valence-corrected chi connectivity index (χ4v) is 3.75. The third kappa shape index (κ3) is 3.65. The van der Waals surface area contributed by atoms with Crippen LogP contribution in [-0.4, -0.2) is 64.6 Å². The van der Waals surface area contributed by atoms with E-state index in [4.69, 9.17) is 4.74 Å². The van der Waals surface area contributed by atoms with Crippen molar-refractivity contribution in [2.45, 2.75) is 25.9 Å². The summed E-state index contributed by atoms with van der Waals surface area (Å²) in [6, 6.07) is 9.39. The van der Waals surface area contributed by atoms with Crippen LogP contribution in [0.1, 0.15) is 18.2 Å². The number of hydrogen-bond donors (Lipinski definition) is 1. The molecule has 2 aromatic rings. The van der Waals surface area contributed by atoms with Gasteiger partial charge in [0, 0.05) is 30.8 Å². The summed E-state index contributed by atoms with van der Waals surface area (Å²) < 4.78 is 5.38. The van der Waals surface area contributed by atoms with Crippen LogP contribution in [0.2, 0.25) is 0 Å². The zero-order valence-corrected chi connectivity index (χ0v) is 15.5. The van der Waals surface area contributed by atoms with Gasteiger partial charge in [-0.1, -0.05) is 30.3 Å². The van der Waals surface area contributed by atoms with Crippen LogP contribution in [0.3, 0.4) is 0 Å². The van der Waals surface area contributed by atoms with Crippen molar-refractivity contribution in [3.8, 4) is 11.4 Å². The van der Waals surface area contributed by atoms with Gasteiger partial charge in [-0.2, -0.15) is 0 Å². The van der Waals surface area contributed by atoms with E-state index in [2.05, 4.69) is 14.9 Å². The van der Waals surface area contributed by atoms with Gasteiger partial charge in [0.2, 0.25) is 5.91 Å². The Labute approximate surface area is 158 Å². The minimum Gasteiger partial charge on any atom is -0.379 e. The van der Waals surface area contributed by atoms with E-state index in [9.17, 15) is 9.59 Å². The molecule has 4 rings (SSSR count). The molecule has 0 bridgehead atoms. The fraction of sp³-hybridized carbons (Fsp3) is 0.450. The molecule has 3 heterocycles. The number of amides is 1. The van der Waals surface area contributed by atoms with Gasteiger partial charge in [-0.3, -0.25) is 14.5 Å². The lowest BCUT2D eigenvalue weighted by Crippen LogP contribution is -2.52. The van der Waals surface area contributed by atoms with Gasteiger partial charge in [0.25, 0.3) is 5.56 Å². The average molecular weight is 368 g/mol. The first-order valence-corrected chi connectivity index (χ1v) is 9.41. The summed E-state index contributed by atoms with van der Waals surface area (Å²) in [5.74, 6) is 0.640. The molecular weight excluding hydrogens is 344 g/mol. The molecule has 1 aromatic heterocycles. The number of fused-ring (bicyclic) bond motifs is 1. The number of H-pyrrole nitrogens is 1. The van der Waals surface area contributed by atoms with Crippen molar-refractivity contribution in [1.82, 2.24) is 19.8 Å². The molecule has 7 nitrogen and oxygen atoms in total. The second-order valence-corrected chi connectivity index (χ2v) is 7.04. The molecule has 1 saturated heterocycles. The van der Waals surface area contributed by atoms with Crippen LogP contribution >= 0.6 is 0 Å². The number of aromatic amines is 1. The van der Waals surface area contributed by atoms with Crippen molar-refractivity contribution in [3.05, 3.63) is 51.9 Å². The highest BCUT2D eigenvalue weighted by Crippen LogP contribution is 2.20. The van der Waals surface area contributed by atoms with Crippen molar-refractivity contribution in [3.63, 3.8) is 0 Å². The van der Waals surface area contributed by atoms with Gasteiger partial charge in [-0.25, -0.2) is 4.98 Å². The Balaban J connectivity index is 1.56. The van der Waals surface area contributed by atoms with E-state index in [1.54, 1.807) is 0 Å². The zero-order chi connectivity index (χ0) is 18.8. The van der Waals surface area contributed by atoms with E-state index in [0.29, 0.717) is 49.8 Å². The smallest absolute Gasteiger partial charge is 0.254 e. The standard InChI is InChI=1S/C20H24N4O3/c1-14(23-9-11-27-12-10-23)20(26)24-8-7-16-17(13-24)21-18(22-19(16)25)15-5-3-2-4-6-15/h2-6,14H,7-13H2,1H3,(H,21,22,25)/t14-/m1/s1. The van der Waals surface area contributed by atoms with Crippen molar-refractivity contribution < 1.29 is 9.53 Å². The topological polar surface area (TPSA) is 78.5 Å². The Kier molecular flexibility index (Phi) is 5.05. The molecule has 1 aromatic carbocycles. The highest BCUT2D eigenvalue weighted by Gasteiger charge is 2.30. The first kappa shape index (κ1) is 17.9. The molecule has 1 amide bonds. The minimum absolute atomic E-state index is 0.0888. The van der Waals surface area contributed by atoms with Crippen molar-refractivity contribution in [2.24, 2.45) is 0 Å². The molecule has 0 aliphatic carbocycles. The predicted molar refractivity (Wildman–Crippen MR) is 101 cm³/mol. The number of morpholine rings is 1. The van der Waals surface area contributed by atoms with Crippen LogP contribution < -0.4 is 5.56 Å². The number of rotatable bonds is 3. The van der Waals surface area contributed by atoms with E-state index in [-0.39, 0.29) is 17.5 Å². The van der Waals surface area contributed by atoms with Crippen molar-refractivity contribution >= 4 is 5.91 Å². The number of ether oxygens (including phenoxy) is 1. The number of hydrogen-bond acceptors (Lipinski definition) is 5. The molecule has 0 radical (unpaired) electrons. The van der Waals surface area contributed by atoms with Crippen LogP contribution in [0, 0.1) is 0 Å². The summed E-state index contributed by atoms with van der Waals surface area (Å²) in [5, 5.41) is 0. The third-order valence-corrected chi connectivity index (χ3v) is 5.38. The van der Waals surface area contributed by atoms with Crippen molar-refractivity contribution in [2.75, 3.05) is 32.8 Å². The van der Waals surface area contributed by atoms with Gasteiger partial charge in [-0.05, 0) is 13.3 Å². The third-order valence-electron chi connectivity index (χ3n) is 5.38. The Bertz CT molecular complexity index is 875. The zero-order valence-electron chi connectivity index (χ0n) is 15.5. The maximum atomic E-state index is 13.0. The van der Waals surface area contributed by atoms with Crippen LogP contribution in [-0.2, 0) is 22.5 Å². The number of nitrogens with one attached hydrogen (secondary N) is 1. The summed E-state index contributed by atoms with van der Waals surface area (Å²) in [7, 11) is 0. The van der Waals surface area contributed by atoms with Crippen LogP contribution in [0.25, 0.3) is 11.4 Å². The molecule has 2 aliphatic heterocycles. The van der Waals surface area contributed by atoms with E-state index in [1.165, 1.54) is 0 Å². The van der Waals surface area contributed by atoms with E-state index in [1.807, 2.05) is 42.2 Å². The average Bonchev–Trinajstić information content (AvgIpc) is 2.73. The molecule has 0 unspecified atom stereocenters. The fourth-order valence-electron chi connectivity index (χ4n) is 3.75. The van der Waals surface area contributed by atoms with Gasteiger partial charge in [0.1, 0.15) is 5.82 Å². The molecule has 0 saturated carbocycles. The quantitative estimate of drug-likeness (QED) is 0.876. The highest BCUT2D eigenvalue weighted by molar-refractivity contribution is 5.81. The molecule has 1 atom stereocenters. The Morgan fingerprint density at radius 3 is 2.67 bits per heavy atom. The largest absolute Gasteiger partial charge is 0.379 e. The van der Waals surface area contributed by atoms with Crippen LogP contribution in [0.4, 0.5) is 0 Å². The minimum atomic E-state index is -0.189. The van der Waals surface area contributed by atoms with E-state index in [0.717, 1.165) is 18.7 Å². The molecule has 2 aliphatic rings. The lowest BCUT2D eigenvalue weighted by molar-refractivity contribution is -0.139. The van der Waals surface area contributed by atoms with Crippen LogP contribution in [0.5, 0.6) is 0 Å². The first-order valence-electron chi connectivity index (χ1n) is 9.41. The summed E-state index contributed by atoms with van der Waals surface area (Å²) in [6.45, 7) is 5.75. The van der Waals surface area contributed by atoms with Gasteiger partial charge in [0.05, 0.1) is 31.5 Å². The molecule has 27 heavy (non-hydrogen) atoms. The summed E-state index contributed by atoms with van der Waals surface area (Å²) in [4.78, 5) is 37.0. The normalized spacial score (nSPS) is 18.8. The lowest BCUT2D eigenvalue weighted by atomic mass is 10.0. The molecule has 7 heteroatoms. The highest BCUT2D eigenvalue weighted by atomic mass is 16.5. The molecule has 1 N–H and O–H groups in total. The number of carbonyl (C=O) groups excluding carboxylic acids is 1. The molecule has 1 fully saturated rings. The Hall–Kier alpha value is -2.51. The van der Waals surface area contributed by atoms with E-state index < -0.39 is 0 Å². The number of benzene rings is 1. The maximum Gasteiger partial charge on any atom is 0.254 e. The summed E-state index contributed by atoms with van der Waals surface area (Å²) >= 11 is 0. The number of carbonyl (C=O) groups is 1. The SMILES string of the molecule is C[C@H](C(=O)N1CCc2c(nc(-c3ccccc3)[nH]c2=O)C1)N1CCOCC1. The Morgan fingerprint density at radius 2 is 1.93 bits per heavy atom. The molecular formula is C20H24N4O3. The summed E-state index contributed by atoms with van der Waals surface area (Å²) in [6.07, 6.45) is 0.536. The molecule has 142 valence electrons. The summed E-state index contributed by atoms with van der Waals surface area (Å²) in [5.41, 5.74) is 2.15. The van der Waals surface area contributed by atoms with Crippen molar-refractivity contribution in [1.29, 1.82) is 0 Å². The van der Waals surface area contributed by atoms with Gasteiger partial charge < -0.3 is 14.6 Å². The van der Waals surface area contributed by atoms with Gasteiger partial charge in [-0.15, -0.1) is 0 Å². The van der Waals surface area contributed by atoms with E-state index >= 15 is 0 Å².